The average Bonchev–Trinajstić information content (AvgIpc) is 3.80. The fraction of sp³-hybridized carbons (Fsp3) is 0.100. The van der Waals surface area contributed by atoms with Crippen LogP contribution in [0.5, 0.6) is 34.5 Å². The summed E-state index contributed by atoms with van der Waals surface area (Å²) in [6.45, 7) is 0.475. The van der Waals surface area contributed by atoms with Crippen molar-refractivity contribution >= 4 is 48.4 Å². The van der Waals surface area contributed by atoms with Gasteiger partial charge < -0.3 is 40.6 Å². The minimum atomic E-state index is -0.900. The third-order valence-corrected chi connectivity index (χ3v) is 10.4. The van der Waals surface area contributed by atoms with Gasteiger partial charge in [0.05, 0.1) is 4.47 Å². The molecule has 6 N–H and O–H groups in total. The van der Waals surface area contributed by atoms with Crippen LogP contribution in [0.3, 0.4) is 0 Å². The van der Waals surface area contributed by atoms with Crippen molar-refractivity contribution in [1.29, 1.82) is 0 Å². The fourth-order valence-electron chi connectivity index (χ4n) is 7.18. The summed E-state index contributed by atoms with van der Waals surface area (Å²) in [5.74, 6) is 2.84. The number of rotatable bonds is 2. The SMILES string of the molecule is NC1=N[C@@]2(CO1)c1cc(-c3cccnc3)ccc1Oc1ccc(O)c(Br)c12.NC1=N[C@]2(CO1)c1cc(O)ccc1Oc1ccc(-c3cccnc3)cc12.[B]=NS. The van der Waals surface area contributed by atoms with Crippen LogP contribution >= 0.6 is 28.7 Å². The molecule has 0 fully saturated rings. The van der Waals surface area contributed by atoms with Gasteiger partial charge in [0, 0.05) is 58.2 Å². The van der Waals surface area contributed by atoms with Crippen LogP contribution in [0.25, 0.3) is 22.3 Å². The predicted molar refractivity (Wildman–Crippen MR) is 217 cm³/mol. The first-order valence-electron chi connectivity index (χ1n) is 17.0. The third kappa shape index (κ3) is 6.35. The molecular formula is C40H30BBrN7O6S. The number of thiol groups is 1. The molecule has 0 saturated heterocycles. The molecule has 0 amide bonds. The number of pyridine rings is 2. The van der Waals surface area contributed by atoms with Gasteiger partial charge in [-0.1, -0.05) is 24.3 Å². The maximum absolute atomic E-state index is 10.2. The van der Waals surface area contributed by atoms with Crippen LogP contribution in [0.15, 0.2) is 135 Å². The summed E-state index contributed by atoms with van der Waals surface area (Å²) in [5.41, 5.74) is 17.0. The van der Waals surface area contributed by atoms with E-state index >= 15 is 0 Å². The Bertz CT molecular complexity index is 2570. The third-order valence-electron chi connectivity index (χ3n) is 9.65. The van der Waals surface area contributed by atoms with E-state index in [2.05, 4.69) is 60.6 Å². The van der Waals surface area contributed by atoms with Gasteiger partial charge in [0.25, 0.3) is 12.0 Å². The molecule has 16 heteroatoms. The van der Waals surface area contributed by atoms with E-state index < -0.39 is 11.1 Å². The van der Waals surface area contributed by atoms with Gasteiger partial charge >= 0.3 is 24.8 Å². The summed E-state index contributed by atoms with van der Waals surface area (Å²) in [6.07, 6.45) is 7.08. The van der Waals surface area contributed by atoms with E-state index in [-0.39, 0.29) is 36.8 Å². The van der Waals surface area contributed by atoms with Crippen LogP contribution in [0.4, 0.5) is 0 Å². The first kappa shape index (κ1) is 36.6. The standard InChI is InChI=1S/C20H14BrN3O3.C20H15N3O3.BHNS/c21-18-14(25)4-6-16-17(18)20(10-26-19(22)24-20)13-8-11(3-5-15(13)27-16)12-2-1-7-23-9-12;21-19-23-20(11-25-19)15-8-12(13-2-1-7-22-10-13)3-5-17(15)26-18-6-4-14(24)9-16(18)20;1-2-3/h1-9,25H,10H2,(H2,22,24);1-10,24H,11H2,(H2,21,23);3H/t2*20-;/m00./s1. The Balaban J connectivity index is 0.000000147. The number of nitrogens with two attached hydrogens (primary N) is 2. The van der Waals surface area contributed by atoms with E-state index in [0.29, 0.717) is 33.0 Å². The van der Waals surface area contributed by atoms with Crippen LogP contribution in [0.2, 0.25) is 0 Å². The molecule has 2 aromatic heterocycles. The number of aromatic nitrogens is 2. The van der Waals surface area contributed by atoms with Crippen LogP contribution in [0.1, 0.15) is 22.3 Å². The summed E-state index contributed by atoms with van der Waals surface area (Å²) in [6, 6.07) is 28.1. The van der Waals surface area contributed by atoms with E-state index in [9.17, 15) is 10.2 Å². The Kier molecular flexibility index (Phi) is 9.60. The molecule has 6 aromatic rings. The van der Waals surface area contributed by atoms with E-state index in [1.165, 1.54) is 0 Å². The van der Waals surface area contributed by atoms with Gasteiger partial charge in [-0.05, 0) is 93.8 Å². The molecule has 56 heavy (non-hydrogen) atoms. The van der Waals surface area contributed by atoms with Crippen molar-refractivity contribution in [3.05, 3.63) is 143 Å². The number of phenolic OH excluding ortho intramolecular Hbond substituents is 2. The van der Waals surface area contributed by atoms with Crippen molar-refractivity contribution < 1.29 is 29.2 Å². The van der Waals surface area contributed by atoms with Crippen molar-refractivity contribution in [2.24, 2.45) is 25.8 Å². The molecule has 2 atom stereocenters. The van der Waals surface area contributed by atoms with Crippen LogP contribution in [0, 0.1) is 0 Å². The summed E-state index contributed by atoms with van der Waals surface area (Å²) < 4.78 is 26.4. The summed E-state index contributed by atoms with van der Waals surface area (Å²) in [5, 5.41) is 20.2. The topological polar surface area (TPSA) is 192 Å². The zero-order valence-electron chi connectivity index (χ0n) is 29.2. The van der Waals surface area contributed by atoms with Crippen molar-refractivity contribution in [3.63, 3.8) is 0 Å². The van der Waals surface area contributed by atoms with Gasteiger partial charge in [-0.15, -0.1) is 0 Å². The molecule has 2 spiro atoms. The first-order valence-corrected chi connectivity index (χ1v) is 18.2. The number of aromatic hydroxyl groups is 2. The normalized spacial score (nSPS) is 18.9. The van der Waals surface area contributed by atoms with E-state index in [1.807, 2.05) is 60.7 Å². The minimum absolute atomic E-state index is 0.101. The van der Waals surface area contributed by atoms with Gasteiger partial charge in [-0.3, -0.25) is 9.97 Å². The van der Waals surface area contributed by atoms with Gasteiger partial charge in [0.2, 0.25) is 0 Å². The number of nitrogens with zero attached hydrogens (tertiary/aromatic N) is 5. The van der Waals surface area contributed by atoms with Crippen LogP contribution in [-0.4, -0.2) is 53.1 Å². The van der Waals surface area contributed by atoms with Crippen molar-refractivity contribution in [2.45, 2.75) is 11.1 Å². The second-order valence-electron chi connectivity index (χ2n) is 12.9. The molecule has 0 unspecified atom stereocenters. The molecule has 6 heterocycles. The molecule has 4 aliphatic rings. The molecule has 0 aliphatic carbocycles. The quantitative estimate of drug-likeness (QED) is 0.0878. The Morgan fingerprint density at radius 1 is 0.661 bits per heavy atom. The molecule has 4 aromatic carbocycles. The van der Waals surface area contributed by atoms with Crippen molar-refractivity contribution in [2.75, 3.05) is 13.2 Å². The number of phenols is 2. The maximum atomic E-state index is 10.2. The Labute approximate surface area is 335 Å². The number of hydrogen-bond acceptors (Lipinski definition) is 14. The number of aliphatic imine (C=N–C) groups is 2. The van der Waals surface area contributed by atoms with Gasteiger partial charge in [0.1, 0.15) is 47.7 Å². The zero-order valence-corrected chi connectivity index (χ0v) is 31.7. The summed E-state index contributed by atoms with van der Waals surface area (Å²) in [4.78, 5) is 17.6. The van der Waals surface area contributed by atoms with Gasteiger partial charge in [-0.25, -0.2) is 9.98 Å². The van der Waals surface area contributed by atoms with Crippen LogP contribution in [-0.2, 0) is 20.6 Å². The number of amidine groups is 2. The first-order chi connectivity index (χ1) is 27.2. The predicted octanol–water partition coefficient (Wildman–Crippen LogP) is 7.24. The molecule has 1 radical (unpaired) electrons. The molecular weight excluding hydrogens is 797 g/mol. The number of hydrogen-bond donors (Lipinski definition) is 5. The average molecular weight is 828 g/mol. The fourth-order valence-corrected chi connectivity index (χ4v) is 7.83. The number of benzene rings is 4. The molecule has 0 bridgehead atoms. The summed E-state index contributed by atoms with van der Waals surface area (Å²) >= 11 is 6.67. The van der Waals surface area contributed by atoms with E-state index in [4.69, 9.17) is 30.4 Å². The second kappa shape index (κ2) is 14.7. The van der Waals surface area contributed by atoms with E-state index in [0.717, 1.165) is 38.9 Å². The molecule has 10 rings (SSSR count). The van der Waals surface area contributed by atoms with E-state index in [1.54, 1.807) is 55.1 Å². The van der Waals surface area contributed by atoms with Crippen molar-refractivity contribution in [1.82, 2.24) is 9.97 Å². The molecule has 0 saturated carbocycles. The van der Waals surface area contributed by atoms with Crippen molar-refractivity contribution in [3.8, 4) is 56.8 Å². The summed E-state index contributed by atoms with van der Waals surface area (Å²) in [7, 11) is 4.34. The number of fused-ring (bicyclic) bond motifs is 8. The number of halogens is 1. The molecule has 4 aliphatic heterocycles. The van der Waals surface area contributed by atoms with Gasteiger partial charge in [0.15, 0.2) is 11.1 Å². The number of ether oxygens (including phenoxy) is 4. The second-order valence-corrected chi connectivity index (χ2v) is 13.9. The Morgan fingerprint density at radius 2 is 1.14 bits per heavy atom. The van der Waals surface area contributed by atoms with Crippen LogP contribution < -0.4 is 20.9 Å². The monoisotopic (exact) mass is 826 g/mol. The molecule has 277 valence electrons. The zero-order chi connectivity index (χ0) is 39.0. The Morgan fingerprint density at radius 3 is 1.66 bits per heavy atom. The van der Waals surface area contributed by atoms with Gasteiger partial charge in [-0.2, -0.15) is 0 Å². The Hall–Kier alpha value is -6.39. The molecule has 13 nitrogen and oxygen atoms in total.